The molecule has 1 N–H and O–H groups in total. The van der Waals surface area contributed by atoms with Gasteiger partial charge in [-0.2, -0.15) is 5.26 Å². The summed E-state index contributed by atoms with van der Waals surface area (Å²) >= 11 is 0. The van der Waals surface area contributed by atoms with Crippen LogP contribution in [-0.4, -0.2) is 17.6 Å². The molecule has 0 aliphatic heterocycles. The topological polar surface area (TPSA) is 64.3 Å². The number of amides is 1. The first-order valence-corrected chi connectivity index (χ1v) is 6.68. The Balaban J connectivity index is 2.43. The third kappa shape index (κ3) is 3.03. The monoisotopic (exact) mass is 280 g/mol. The number of hydrogen-bond donors (Lipinski definition) is 1. The number of aryl methyl sites for hydroxylation is 1. The smallest absolute Gasteiger partial charge is 0.258 e. The highest BCUT2D eigenvalue weighted by Crippen LogP contribution is 2.26. The molecule has 106 valence electrons. The number of anilines is 1. The quantitative estimate of drug-likeness (QED) is 0.938. The van der Waals surface area contributed by atoms with E-state index in [9.17, 15) is 9.90 Å². The summed E-state index contributed by atoms with van der Waals surface area (Å²) < 4.78 is 0. The fourth-order valence-electron chi connectivity index (χ4n) is 2.19. The zero-order chi connectivity index (χ0) is 15.4. The van der Waals surface area contributed by atoms with Crippen molar-refractivity contribution >= 4 is 11.6 Å². The zero-order valence-electron chi connectivity index (χ0n) is 12.0. The predicted octanol–water partition coefficient (Wildman–Crippen LogP) is 3.24. The minimum atomic E-state index is -0.191. The highest BCUT2D eigenvalue weighted by atomic mass is 16.3. The van der Waals surface area contributed by atoms with E-state index in [0.717, 1.165) is 5.56 Å². The molecule has 2 rings (SSSR count). The molecule has 0 fully saturated rings. The lowest BCUT2D eigenvalue weighted by Gasteiger charge is -2.23. The highest BCUT2D eigenvalue weighted by Gasteiger charge is 2.18. The van der Waals surface area contributed by atoms with Crippen LogP contribution in [0, 0.1) is 18.3 Å². The first-order chi connectivity index (χ1) is 10.1. The molecule has 4 heteroatoms. The lowest BCUT2D eigenvalue weighted by atomic mass is 10.1. The van der Waals surface area contributed by atoms with Crippen LogP contribution < -0.4 is 4.90 Å². The van der Waals surface area contributed by atoms with Gasteiger partial charge < -0.3 is 10.0 Å². The van der Waals surface area contributed by atoms with Gasteiger partial charge in [0.25, 0.3) is 5.91 Å². The summed E-state index contributed by atoms with van der Waals surface area (Å²) in [6, 6.07) is 13.6. The summed E-state index contributed by atoms with van der Waals surface area (Å²) in [6.45, 7) is 4.23. The molecule has 0 aromatic heterocycles. The van der Waals surface area contributed by atoms with Crippen molar-refractivity contribution in [2.24, 2.45) is 0 Å². The Bertz CT molecular complexity index is 717. The van der Waals surface area contributed by atoms with Gasteiger partial charge in [-0.3, -0.25) is 4.79 Å². The highest BCUT2D eigenvalue weighted by molar-refractivity contribution is 6.06. The van der Waals surface area contributed by atoms with Gasteiger partial charge in [-0.05, 0) is 43.7 Å². The van der Waals surface area contributed by atoms with E-state index in [-0.39, 0.29) is 11.7 Å². The van der Waals surface area contributed by atoms with E-state index in [0.29, 0.717) is 23.4 Å². The van der Waals surface area contributed by atoms with Crippen molar-refractivity contribution in [1.82, 2.24) is 0 Å². The summed E-state index contributed by atoms with van der Waals surface area (Å²) in [7, 11) is 0. The number of nitriles is 1. The van der Waals surface area contributed by atoms with E-state index in [1.54, 1.807) is 47.4 Å². The molecule has 0 saturated heterocycles. The van der Waals surface area contributed by atoms with Crippen LogP contribution >= 0.6 is 0 Å². The van der Waals surface area contributed by atoms with Gasteiger partial charge in [0.15, 0.2) is 0 Å². The summed E-state index contributed by atoms with van der Waals surface area (Å²) in [4.78, 5) is 14.2. The summed E-state index contributed by atoms with van der Waals surface area (Å²) in [6.07, 6.45) is 0. The van der Waals surface area contributed by atoms with Crippen LogP contribution in [-0.2, 0) is 0 Å². The number of hydrogen-bond acceptors (Lipinski definition) is 3. The molecule has 0 atom stereocenters. The van der Waals surface area contributed by atoms with E-state index >= 15 is 0 Å². The Morgan fingerprint density at radius 1 is 1.29 bits per heavy atom. The molecule has 0 aliphatic rings. The molecule has 0 heterocycles. The standard InChI is InChI=1S/C17H16N2O2/c1-3-19(16-10-15(20)8-7-12(16)2)17(21)14-6-4-5-13(9-14)11-18/h4-10,20H,3H2,1-2H3. The third-order valence-corrected chi connectivity index (χ3v) is 3.28. The number of phenols is 1. The molecule has 2 aromatic rings. The Labute approximate surface area is 123 Å². The van der Waals surface area contributed by atoms with Crippen LogP contribution in [0.3, 0.4) is 0 Å². The number of benzene rings is 2. The van der Waals surface area contributed by atoms with E-state index in [1.165, 1.54) is 0 Å². The number of aromatic hydroxyl groups is 1. The lowest BCUT2D eigenvalue weighted by Crippen LogP contribution is -2.31. The maximum atomic E-state index is 12.6. The first-order valence-electron chi connectivity index (χ1n) is 6.68. The first kappa shape index (κ1) is 14.6. The molecule has 21 heavy (non-hydrogen) atoms. The molecule has 4 nitrogen and oxygen atoms in total. The average molecular weight is 280 g/mol. The Hall–Kier alpha value is -2.80. The van der Waals surface area contributed by atoms with Gasteiger partial charge in [-0.1, -0.05) is 12.1 Å². The second kappa shape index (κ2) is 6.10. The maximum absolute atomic E-state index is 12.6. The lowest BCUT2D eigenvalue weighted by molar-refractivity contribution is 0.0988. The van der Waals surface area contributed by atoms with Crippen molar-refractivity contribution in [3.8, 4) is 11.8 Å². The predicted molar refractivity (Wildman–Crippen MR) is 81.4 cm³/mol. The molecule has 0 saturated carbocycles. The zero-order valence-corrected chi connectivity index (χ0v) is 12.0. The van der Waals surface area contributed by atoms with Crippen LogP contribution in [0.15, 0.2) is 42.5 Å². The Morgan fingerprint density at radius 2 is 2.05 bits per heavy atom. The van der Waals surface area contributed by atoms with E-state index in [2.05, 4.69) is 0 Å². The van der Waals surface area contributed by atoms with Crippen molar-refractivity contribution in [2.75, 3.05) is 11.4 Å². The van der Waals surface area contributed by atoms with E-state index in [1.807, 2.05) is 19.9 Å². The summed E-state index contributed by atoms with van der Waals surface area (Å²) in [5, 5.41) is 18.6. The number of nitrogens with zero attached hydrogens (tertiary/aromatic N) is 2. The molecule has 0 unspecified atom stereocenters. The minimum absolute atomic E-state index is 0.118. The van der Waals surface area contributed by atoms with Gasteiger partial charge in [0.05, 0.1) is 17.3 Å². The van der Waals surface area contributed by atoms with Crippen LogP contribution in [0.5, 0.6) is 5.75 Å². The van der Waals surface area contributed by atoms with Crippen molar-refractivity contribution in [3.63, 3.8) is 0 Å². The van der Waals surface area contributed by atoms with Crippen molar-refractivity contribution in [3.05, 3.63) is 59.2 Å². The van der Waals surface area contributed by atoms with Gasteiger partial charge in [0, 0.05) is 18.2 Å². The molecule has 1 amide bonds. The second-order valence-electron chi connectivity index (χ2n) is 4.71. The number of carbonyl (C=O) groups is 1. The number of phenolic OH excluding ortho intramolecular Hbond substituents is 1. The maximum Gasteiger partial charge on any atom is 0.258 e. The molecular weight excluding hydrogens is 264 g/mol. The second-order valence-corrected chi connectivity index (χ2v) is 4.71. The molecule has 2 aromatic carbocycles. The van der Waals surface area contributed by atoms with Gasteiger partial charge in [0.2, 0.25) is 0 Å². The summed E-state index contributed by atoms with van der Waals surface area (Å²) in [5.74, 6) is -0.0732. The SMILES string of the molecule is CCN(C(=O)c1cccc(C#N)c1)c1cc(O)ccc1C. The van der Waals surface area contributed by atoms with Crippen molar-refractivity contribution in [2.45, 2.75) is 13.8 Å². The third-order valence-electron chi connectivity index (χ3n) is 3.28. The molecule has 0 spiro atoms. The van der Waals surface area contributed by atoms with Crippen molar-refractivity contribution in [1.29, 1.82) is 5.26 Å². The van der Waals surface area contributed by atoms with Crippen LogP contribution in [0.1, 0.15) is 28.4 Å². The fourth-order valence-corrected chi connectivity index (χ4v) is 2.19. The van der Waals surface area contributed by atoms with Crippen LogP contribution in [0.25, 0.3) is 0 Å². The Morgan fingerprint density at radius 3 is 2.71 bits per heavy atom. The van der Waals surface area contributed by atoms with Gasteiger partial charge >= 0.3 is 0 Å². The normalized spacial score (nSPS) is 9.95. The Kier molecular flexibility index (Phi) is 4.24. The molecule has 0 aliphatic carbocycles. The van der Waals surface area contributed by atoms with Crippen LogP contribution in [0.4, 0.5) is 5.69 Å². The largest absolute Gasteiger partial charge is 0.508 e. The van der Waals surface area contributed by atoms with Gasteiger partial charge in [0.1, 0.15) is 5.75 Å². The average Bonchev–Trinajstić information content (AvgIpc) is 2.51. The minimum Gasteiger partial charge on any atom is -0.508 e. The molecule has 0 radical (unpaired) electrons. The number of rotatable bonds is 3. The number of carbonyl (C=O) groups excluding carboxylic acids is 1. The molecule has 0 bridgehead atoms. The van der Waals surface area contributed by atoms with E-state index < -0.39 is 0 Å². The van der Waals surface area contributed by atoms with E-state index in [4.69, 9.17) is 5.26 Å². The summed E-state index contributed by atoms with van der Waals surface area (Å²) in [5.41, 5.74) is 2.48. The fraction of sp³-hybridized carbons (Fsp3) is 0.176. The van der Waals surface area contributed by atoms with Gasteiger partial charge in [-0.15, -0.1) is 0 Å². The molecular formula is C17H16N2O2. The van der Waals surface area contributed by atoms with Crippen molar-refractivity contribution < 1.29 is 9.90 Å². The van der Waals surface area contributed by atoms with Crippen LogP contribution in [0.2, 0.25) is 0 Å². The van der Waals surface area contributed by atoms with Gasteiger partial charge in [-0.25, -0.2) is 0 Å².